The molecular weight excluding hydrogens is 396 g/mol. The zero-order valence-corrected chi connectivity index (χ0v) is 17.5. The van der Waals surface area contributed by atoms with Crippen molar-refractivity contribution in [3.05, 3.63) is 40.9 Å². The molecule has 152 valence electrons. The Labute approximate surface area is 175 Å². The minimum absolute atomic E-state index is 0.138. The highest BCUT2D eigenvalue weighted by molar-refractivity contribution is 7.99. The number of oxazole rings is 1. The van der Waals surface area contributed by atoms with Crippen molar-refractivity contribution in [2.75, 3.05) is 13.2 Å². The van der Waals surface area contributed by atoms with Gasteiger partial charge in [0.25, 0.3) is 0 Å². The Hall–Kier alpha value is -1.05. The monoisotopic (exact) mass is 422 g/mol. The average molecular weight is 423 g/mol. The lowest BCUT2D eigenvalue weighted by atomic mass is 9.93. The van der Waals surface area contributed by atoms with E-state index in [9.17, 15) is 5.11 Å². The van der Waals surface area contributed by atoms with Gasteiger partial charge in [-0.15, -0.1) is 0 Å². The number of aliphatic hydroxyl groups excluding tert-OH is 1. The maximum absolute atomic E-state index is 9.71. The zero-order valence-electron chi connectivity index (χ0n) is 15.9. The van der Waals surface area contributed by atoms with Crippen molar-refractivity contribution >= 4 is 23.4 Å². The van der Waals surface area contributed by atoms with Crippen LogP contribution < -0.4 is 5.32 Å². The molecule has 0 atom stereocenters. The largest absolute Gasteiger partial charge is 0.433 e. The van der Waals surface area contributed by atoms with Crippen LogP contribution in [0.15, 0.2) is 38.7 Å². The lowest BCUT2D eigenvalue weighted by Gasteiger charge is -2.26. The molecule has 1 aliphatic heterocycles. The Balaban J connectivity index is 1.48. The second-order valence-electron chi connectivity index (χ2n) is 7.62. The first kappa shape index (κ1) is 20.2. The third kappa shape index (κ3) is 5.30. The molecule has 0 unspecified atom stereocenters. The average Bonchev–Trinajstić information content (AvgIpc) is 3.13. The Bertz CT molecular complexity index is 754. The minimum atomic E-state index is -0.138. The Morgan fingerprint density at radius 1 is 1.07 bits per heavy atom. The Morgan fingerprint density at radius 3 is 2.50 bits per heavy atom. The third-order valence-electron chi connectivity index (χ3n) is 5.53. The quantitative estimate of drug-likeness (QED) is 0.699. The first-order valence-electron chi connectivity index (χ1n) is 10.1. The summed E-state index contributed by atoms with van der Waals surface area (Å²) >= 11 is 7.61. The first-order valence-corrected chi connectivity index (χ1v) is 11.3. The van der Waals surface area contributed by atoms with Gasteiger partial charge in [-0.25, -0.2) is 4.98 Å². The van der Waals surface area contributed by atoms with Crippen LogP contribution in [0, 0.1) is 0 Å². The highest BCUT2D eigenvalue weighted by atomic mass is 35.5. The SMILES string of the molecule is OC1CCC(NCc2nc(C3CCOCC3)oc2Sc2ccc(Cl)cc2)CC1. The van der Waals surface area contributed by atoms with Crippen molar-refractivity contribution in [3.8, 4) is 0 Å². The number of nitrogens with zero attached hydrogens (tertiary/aromatic N) is 1. The van der Waals surface area contributed by atoms with E-state index in [2.05, 4.69) is 5.32 Å². The van der Waals surface area contributed by atoms with Gasteiger partial charge in [-0.05, 0) is 62.8 Å². The van der Waals surface area contributed by atoms with Crippen LogP contribution in [-0.2, 0) is 11.3 Å². The van der Waals surface area contributed by atoms with E-state index >= 15 is 0 Å². The summed E-state index contributed by atoms with van der Waals surface area (Å²) in [7, 11) is 0. The first-order chi connectivity index (χ1) is 13.7. The Morgan fingerprint density at radius 2 is 1.79 bits per heavy atom. The summed E-state index contributed by atoms with van der Waals surface area (Å²) in [5, 5.41) is 14.9. The van der Waals surface area contributed by atoms with E-state index in [0.29, 0.717) is 18.5 Å². The Kier molecular flexibility index (Phi) is 6.96. The molecule has 28 heavy (non-hydrogen) atoms. The standard InChI is InChI=1S/C21H27ClN2O3S/c22-15-1-7-18(8-2-15)28-21-19(13-23-16-3-5-17(25)6-4-16)24-20(27-21)14-9-11-26-12-10-14/h1-2,7-8,14,16-17,23,25H,3-6,9-13H2. The molecule has 2 N–H and O–H groups in total. The molecule has 1 aromatic carbocycles. The van der Waals surface area contributed by atoms with Crippen molar-refractivity contribution in [3.63, 3.8) is 0 Å². The number of aromatic nitrogens is 1. The molecular formula is C21H27ClN2O3S. The topological polar surface area (TPSA) is 67.5 Å². The molecule has 4 rings (SSSR count). The summed E-state index contributed by atoms with van der Waals surface area (Å²) in [4.78, 5) is 5.95. The second-order valence-corrected chi connectivity index (χ2v) is 9.10. The number of halogens is 1. The number of ether oxygens (including phenoxy) is 1. The van der Waals surface area contributed by atoms with Gasteiger partial charge < -0.3 is 19.6 Å². The van der Waals surface area contributed by atoms with E-state index in [4.69, 9.17) is 25.7 Å². The minimum Gasteiger partial charge on any atom is -0.433 e. The molecule has 5 nitrogen and oxygen atoms in total. The number of hydrogen-bond donors (Lipinski definition) is 2. The van der Waals surface area contributed by atoms with Gasteiger partial charge in [0.15, 0.2) is 11.0 Å². The van der Waals surface area contributed by atoms with Gasteiger partial charge in [0.05, 0.1) is 6.10 Å². The second kappa shape index (κ2) is 9.63. The summed E-state index contributed by atoms with van der Waals surface area (Å²) in [5.41, 5.74) is 0.965. The maximum atomic E-state index is 9.71. The summed E-state index contributed by atoms with van der Waals surface area (Å²) in [6, 6.07) is 8.22. The molecule has 0 bridgehead atoms. The molecule has 0 amide bonds. The summed E-state index contributed by atoms with van der Waals surface area (Å²) in [6.07, 6.45) is 5.53. The molecule has 0 radical (unpaired) electrons. The van der Waals surface area contributed by atoms with Crippen molar-refractivity contribution in [1.29, 1.82) is 0 Å². The molecule has 1 saturated heterocycles. The molecule has 0 spiro atoms. The highest BCUT2D eigenvalue weighted by Gasteiger charge is 2.25. The lowest BCUT2D eigenvalue weighted by Crippen LogP contribution is -2.34. The molecule has 2 heterocycles. The number of aliphatic hydroxyl groups is 1. The number of hydrogen-bond acceptors (Lipinski definition) is 6. The van der Waals surface area contributed by atoms with E-state index in [1.807, 2.05) is 24.3 Å². The third-order valence-corrected chi connectivity index (χ3v) is 6.79. The fourth-order valence-electron chi connectivity index (χ4n) is 3.80. The molecule has 1 aliphatic carbocycles. The van der Waals surface area contributed by atoms with E-state index in [1.165, 1.54) is 0 Å². The van der Waals surface area contributed by atoms with Crippen molar-refractivity contribution in [2.45, 2.75) is 73.1 Å². The number of nitrogens with one attached hydrogen (secondary N) is 1. The summed E-state index contributed by atoms with van der Waals surface area (Å²) in [6.45, 7) is 2.22. The van der Waals surface area contributed by atoms with E-state index in [0.717, 1.165) is 78.3 Å². The van der Waals surface area contributed by atoms with Crippen molar-refractivity contribution < 1.29 is 14.3 Å². The molecule has 2 fully saturated rings. The maximum Gasteiger partial charge on any atom is 0.199 e. The van der Waals surface area contributed by atoms with Gasteiger partial charge in [-0.2, -0.15) is 0 Å². The smallest absolute Gasteiger partial charge is 0.199 e. The molecule has 2 aromatic rings. The van der Waals surface area contributed by atoms with E-state index < -0.39 is 0 Å². The van der Waals surface area contributed by atoms with Gasteiger partial charge in [0.2, 0.25) is 0 Å². The summed E-state index contributed by atoms with van der Waals surface area (Å²) in [5.74, 6) is 1.16. The molecule has 2 aliphatic rings. The molecule has 7 heteroatoms. The zero-order chi connectivity index (χ0) is 19.3. The van der Waals surface area contributed by atoms with Crippen LogP contribution in [0.1, 0.15) is 56.0 Å². The van der Waals surface area contributed by atoms with Crippen molar-refractivity contribution in [1.82, 2.24) is 10.3 Å². The fraction of sp³-hybridized carbons (Fsp3) is 0.571. The predicted molar refractivity (Wildman–Crippen MR) is 110 cm³/mol. The van der Waals surface area contributed by atoms with Gasteiger partial charge >= 0.3 is 0 Å². The molecule has 1 aromatic heterocycles. The van der Waals surface area contributed by atoms with Gasteiger partial charge in [-0.1, -0.05) is 23.4 Å². The normalized spacial score (nSPS) is 23.8. The van der Waals surface area contributed by atoms with Gasteiger partial charge in [-0.3, -0.25) is 0 Å². The van der Waals surface area contributed by atoms with Crippen LogP contribution >= 0.6 is 23.4 Å². The van der Waals surface area contributed by atoms with Gasteiger partial charge in [0, 0.05) is 41.6 Å². The number of benzene rings is 1. The van der Waals surface area contributed by atoms with E-state index in [1.54, 1.807) is 11.8 Å². The fourth-order valence-corrected chi connectivity index (χ4v) is 4.77. The number of rotatable bonds is 6. The highest BCUT2D eigenvalue weighted by Crippen LogP contribution is 2.36. The molecule has 1 saturated carbocycles. The van der Waals surface area contributed by atoms with Crippen LogP contribution in [0.3, 0.4) is 0 Å². The lowest BCUT2D eigenvalue weighted by molar-refractivity contribution is 0.0786. The predicted octanol–water partition coefficient (Wildman–Crippen LogP) is 4.77. The van der Waals surface area contributed by atoms with Crippen LogP contribution in [0.25, 0.3) is 0 Å². The van der Waals surface area contributed by atoms with Crippen LogP contribution in [0.5, 0.6) is 0 Å². The van der Waals surface area contributed by atoms with Crippen LogP contribution in [0.4, 0.5) is 0 Å². The van der Waals surface area contributed by atoms with Crippen LogP contribution in [-0.4, -0.2) is 35.5 Å². The van der Waals surface area contributed by atoms with E-state index in [-0.39, 0.29) is 6.10 Å². The van der Waals surface area contributed by atoms with Gasteiger partial charge in [0.1, 0.15) is 5.69 Å². The van der Waals surface area contributed by atoms with Crippen LogP contribution in [0.2, 0.25) is 5.02 Å². The van der Waals surface area contributed by atoms with Crippen molar-refractivity contribution in [2.24, 2.45) is 0 Å². The summed E-state index contributed by atoms with van der Waals surface area (Å²) < 4.78 is 11.7.